The van der Waals surface area contributed by atoms with Gasteiger partial charge in [0.1, 0.15) is 0 Å². The molecule has 0 heterocycles. The van der Waals surface area contributed by atoms with Crippen molar-refractivity contribution in [3.63, 3.8) is 0 Å². The molecule has 4 heteroatoms. The molecule has 3 nitrogen and oxygen atoms in total. The first-order chi connectivity index (χ1) is 7.29. The Labute approximate surface area is 96.4 Å². The average Bonchev–Trinajstić information content (AvgIpc) is 2.17. The Balaban J connectivity index is 2.35. The van der Waals surface area contributed by atoms with Gasteiger partial charge in [-0.05, 0) is 32.1 Å². The summed E-state index contributed by atoms with van der Waals surface area (Å²) >= 11 is 5.57. The van der Waals surface area contributed by atoms with E-state index in [0.717, 1.165) is 19.3 Å². The number of hydrogen-bond donors (Lipinski definition) is 1. The lowest BCUT2D eigenvalue weighted by molar-refractivity contribution is -0.135. The normalized spacial score (nSPS) is 16.1. The van der Waals surface area contributed by atoms with Crippen molar-refractivity contribution < 1.29 is 9.90 Å². The highest BCUT2D eigenvalue weighted by Gasteiger charge is 2.27. The third kappa shape index (κ3) is 3.99. The van der Waals surface area contributed by atoms with Crippen molar-refractivity contribution in [2.75, 3.05) is 19.0 Å². The fraction of sp³-hybridized carbons (Fsp3) is 0.909. The van der Waals surface area contributed by atoms with Crippen LogP contribution < -0.4 is 0 Å². The van der Waals surface area contributed by atoms with E-state index in [-0.39, 0.29) is 12.5 Å². The van der Waals surface area contributed by atoms with Crippen molar-refractivity contribution in [1.82, 2.24) is 4.90 Å². The topological polar surface area (TPSA) is 40.5 Å². The van der Waals surface area contributed by atoms with Crippen molar-refractivity contribution in [3.05, 3.63) is 0 Å². The van der Waals surface area contributed by atoms with Crippen LogP contribution >= 0.6 is 11.6 Å². The van der Waals surface area contributed by atoms with Crippen LogP contribution in [-0.2, 0) is 4.79 Å². The minimum absolute atomic E-state index is 0.159. The van der Waals surface area contributed by atoms with Crippen molar-refractivity contribution in [1.29, 1.82) is 0 Å². The van der Waals surface area contributed by atoms with Gasteiger partial charge in [0.25, 0.3) is 0 Å². The fourth-order valence-electron chi connectivity index (χ4n) is 1.81. The number of nitrogens with zero attached hydrogens (tertiary/aromatic N) is 1. The number of halogens is 1. The van der Waals surface area contributed by atoms with Crippen LogP contribution in [0.4, 0.5) is 0 Å². The Morgan fingerprint density at radius 2 is 2.13 bits per heavy atom. The molecule has 1 amide bonds. The highest BCUT2D eigenvalue weighted by Crippen LogP contribution is 2.25. The fourth-order valence-corrected chi connectivity index (χ4v) is 1.95. The van der Waals surface area contributed by atoms with Crippen LogP contribution in [0.25, 0.3) is 0 Å². The first-order valence-electron chi connectivity index (χ1n) is 5.76. The maximum Gasteiger partial charge on any atom is 0.222 e. The summed E-state index contributed by atoms with van der Waals surface area (Å²) in [6.45, 7) is 0.855. The lowest BCUT2D eigenvalue weighted by Crippen LogP contribution is -2.44. The highest BCUT2D eigenvalue weighted by atomic mass is 35.5. The molecule has 1 aliphatic rings. The zero-order valence-corrected chi connectivity index (χ0v) is 9.88. The second kappa shape index (κ2) is 7.07. The monoisotopic (exact) mass is 233 g/mol. The molecule has 0 bridgehead atoms. The highest BCUT2D eigenvalue weighted by molar-refractivity contribution is 6.17. The summed E-state index contributed by atoms with van der Waals surface area (Å²) < 4.78 is 0. The number of carbonyl (C=O) groups excluding carboxylic acids is 1. The third-order valence-corrected chi connectivity index (χ3v) is 3.18. The van der Waals surface area contributed by atoms with Gasteiger partial charge in [-0.25, -0.2) is 0 Å². The van der Waals surface area contributed by atoms with Gasteiger partial charge in [0, 0.05) is 31.5 Å². The van der Waals surface area contributed by atoms with Crippen LogP contribution in [0.5, 0.6) is 0 Å². The maximum absolute atomic E-state index is 11.8. The first-order valence-corrected chi connectivity index (χ1v) is 6.29. The number of alkyl halides is 1. The Morgan fingerprint density at radius 1 is 1.40 bits per heavy atom. The summed E-state index contributed by atoms with van der Waals surface area (Å²) in [4.78, 5) is 13.8. The van der Waals surface area contributed by atoms with Crippen molar-refractivity contribution >= 4 is 17.5 Å². The maximum atomic E-state index is 11.8. The molecule has 1 aliphatic carbocycles. The van der Waals surface area contributed by atoms with E-state index in [4.69, 9.17) is 16.7 Å². The molecule has 1 rings (SSSR count). The Kier molecular flexibility index (Phi) is 6.03. The summed E-state index contributed by atoms with van der Waals surface area (Å²) in [6.07, 6.45) is 5.45. The largest absolute Gasteiger partial charge is 0.396 e. The van der Waals surface area contributed by atoms with E-state index in [1.165, 1.54) is 6.42 Å². The molecule has 0 saturated heterocycles. The predicted octanol–water partition coefficient (Wildman–Crippen LogP) is 1.77. The minimum Gasteiger partial charge on any atom is -0.396 e. The number of aliphatic hydroxyl groups excluding tert-OH is 1. The van der Waals surface area contributed by atoms with E-state index in [9.17, 15) is 4.79 Å². The van der Waals surface area contributed by atoms with Gasteiger partial charge in [-0.2, -0.15) is 0 Å². The molecule has 0 aromatic carbocycles. The summed E-state index contributed by atoms with van der Waals surface area (Å²) in [5.74, 6) is 0.748. The second-order valence-electron chi connectivity index (χ2n) is 4.04. The molecular formula is C11H20ClNO2. The van der Waals surface area contributed by atoms with Crippen LogP contribution in [0.1, 0.15) is 38.5 Å². The van der Waals surface area contributed by atoms with Crippen LogP contribution in [0.2, 0.25) is 0 Å². The van der Waals surface area contributed by atoms with Crippen LogP contribution in [0.15, 0.2) is 0 Å². The molecule has 0 spiro atoms. The standard InChI is InChI=1S/C11H20ClNO2/c12-7-2-6-11(15)13(8-3-9-14)10-4-1-5-10/h10,14H,1-9H2. The zero-order chi connectivity index (χ0) is 11.1. The zero-order valence-electron chi connectivity index (χ0n) is 9.12. The van der Waals surface area contributed by atoms with E-state index in [0.29, 0.717) is 31.3 Å². The number of hydrogen-bond acceptors (Lipinski definition) is 2. The molecule has 0 radical (unpaired) electrons. The van der Waals surface area contributed by atoms with E-state index >= 15 is 0 Å². The quantitative estimate of drug-likeness (QED) is 0.681. The Bertz CT molecular complexity index is 195. The van der Waals surface area contributed by atoms with Gasteiger partial charge in [0.05, 0.1) is 0 Å². The van der Waals surface area contributed by atoms with E-state index in [2.05, 4.69) is 0 Å². The SMILES string of the molecule is O=C(CCCCl)N(CCCO)C1CCC1. The number of rotatable bonds is 7. The molecule has 0 aromatic rings. The van der Waals surface area contributed by atoms with Gasteiger partial charge in [-0.1, -0.05) is 0 Å². The number of aliphatic hydroxyl groups is 1. The van der Waals surface area contributed by atoms with Crippen LogP contribution in [0.3, 0.4) is 0 Å². The summed E-state index contributed by atoms with van der Waals surface area (Å²) in [6, 6.07) is 0.430. The van der Waals surface area contributed by atoms with Crippen LogP contribution in [-0.4, -0.2) is 41.0 Å². The van der Waals surface area contributed by atoms with E-state index in [1.54, 1.807) is 0 Å². The molecule has 88 valence electrons. The smallest absolute Gasteiger partial charge is 0.222 e. The predicted molar refractivity (Wildman–Crippen MR) is 61.0 cm³/mol. The number of carbonyl (C=O) groups is 1. The van der Waals surface area contributed by atoms with Crippen molar-refractivity contribution in [2.24, 2.45) is 0 Å². The van der Waals surface area contributed by atoms with E-state index < -0.39 is 0 Å². The molecule has 1 saturated carbocycles. The van der Waals surface area contributed by atoms with Crippen molar-refractivity contribution in [3.8, 4) is 0 Å². The van der Waals surface area contributed by atoms with Gasteiger partial charge in [0.15, 0.2) is 0 Å². The summed E-state index contributed by atoms with van der Waals surface area (Å²) in [5, 5.41) is 8.79. The van der Waals surface area contributed by atoms with Crippen molar-refractivity contribution in [2.45, 2.75) is 44.6 Å². The molecule has 15 heavy (non-hydrogen) atoms. The molecular weight excluding hydrogens is 214 g/mol. The number of amides is 1. The Hall–Kier alpha value is -0.280. The van der Waals surface area contributed by atoms with Gasteiger partial charge in [-0.3, -0.25) is 4.79 Å². The van der Waals surface area contributed by atoms with Gasteiger partial charge in [0.2, 0.25) is 5.91 Å². The summed E-state index contributed by atoms with van der Waals surface area (Å²) in [5.41, 5.74) is 0. The molecule has 0 aromatic heterocycles. The van der Waals surface area contributed by atoms with Crippen LogP contribution in [0, 0.1) is 0 Å². The molecule has 0 atom stereocenters. The van der Waals surface area contributed by atoms with Gasteiger partial charge < -0.3 is 10.0 Å². The second-order valence-corrected chi connectivity index (χ2v) is 4.42. The minimum atomic E-state index is 0.159. The molecule has 1 fully saturated rings. The average molecular weight is 234 g/mol. The first kappa shape index (κ1) is 12.8. The molecule has 0 unspecified atom stereocenters. The molecule has 0 aliphatic heterocycles. The van der Waals surface area contributed by atoms with Gasteiger partial charge >= 0.3 is 0 Å². The molecule has 1 N–H and O–H groups in total. The van der Waals surface area contributed by atoms with E-state index in [1.807, 2.05) is 4.90 Å². The lowest BCUT2D eigenvalue weighted by Gasteiger charge is -2.37. The van der Waals surface area contributed by atoms with Gasteiger partial charge in [-0.15, -0.1) is 11.6 Å². The third-order valence-electron chi connectivity index (χ3n) is 2.92. The lowest BCUT2D eigenvalue weighted by atomic mass is 9.91. The summed E-state index contributed by atoms with van der Waals surface area (Å²) in [7, 11) is 0. The Morgan fingerprint density at radius 3 is 2.60 bits per heavy atom.